The minimum Gasteiger partial charge on any atom is -0.496 e. The number of hydrogen-bond donors (Lipinski definition) is 1. The second-order valence-electron chi connectivity index (χ2n) is 6.21. The average molecular weight is 321 g/mol. The molecule has 0 bridgehead atoms. The number of benzene rings is 1. The van der Waals surface area contributed by atoms with Crippen molar-refractivity contribution in [3.05, 3.63) is 42.5 Å². The van der Waals surface area contributed by atoms with Crippen molar-refractivity contribution in [2.75, 3.05) is 33.4 Å². The Balaban J connectivity index is 2.65. The highest BCUT2D eigenvalue weighted by atomic mass is 16.5. The summed E-state index contributed by atoms with van der Waals surface area (Å²) in [6.45, 7) is 11.1. The Bertz CT molecular complexity index is 448. The molecular formula is C19H31NO3. The number of hydrogen-bond acceptors (Lipinski definition) is 4. The van der Waals surface area contributed by atoms with Gasteiger partial charge in [0.05, 0.1) is 26.4 Å². The molecule has 0 heterocycles. The van der Waals surface area contributed by atoms with Crippen LogP contribution in [0, 0.1) is 5.92 Å². The standard InChI is InChI=1S/C19H31NO3/c1-5-12-23-15-18(21)14-20(11-10-16(2)3)13-17-8-6-7-9-19(17)22-4/h5-9,16,18,21H,1,10-15H2,2-4H3. The fourth-order valence-electron chi connectivity index (χ4n) is 2.39. The molecule has 4 heteroatoms. The van der Waals surface area contributed by atoms with Crippen LogP contribution in [0.25, 0.3) is 0 Å². The molecule has 1 rings (SSSR count). The van der Waals surface area contributed by atoms with Gasteiger partial charge in [-0.05, 0) is 24.9 Å². The number of aliphatic hydroxyl groups is 1. The van der Waals surface area contributed by atoms with Crippen LogP contribution in [0.4, 0.5) is 0 Å². The minimum atomic E-state index is -0.503. The highest BCUT2D eigenvalue weighted by Gasteiger charge is 2.15. The van der Waals surface area contributed by atoms with Gasteiger partial charge in [-0.15, -0.1) is 6.58 Å². The maximum Gasteiger partial charge on any atom is 0.123 e. The Morgan fingerprint density at radius 1 is 1.30 bits per heavy atom. The molecule has 0 saturated carbocycles. The maximum absolute atomic E-state index is 10.2. The lowest BCUT2D eigenvalue weighted by atomic mass is 10.1. The molecule has 0 aliphatic heterocycles. The molecule has 0 fully saturated rings. The molecule has 0 aliphatic rings. The Morgan fingerprint density at radius 2 is 2.04 bits per heavy atom. The Morgan fingerprint density at radius 3 is 2.70 bits per heavy atom. The summed E-state index contributed by atoms with van der Waals surface area (Å²) in [5.41, 5.74) is 1.14. The molecule has 0 radical (unpaired) electrons. The van der Waals surface area contributed by atoms with Gasteiger partial charge in [0.2, 0.25) is 0 Å². The first-order valence-electron chi connectivity index (χ1n) is 8.27. The quantitative estimate of drug-likeness (QED) is 0.474. The summed E-state index contributed by atoms with van der Waals surface area (Å²) in [7, 11) is 1.69. The van der Waals surface area contributed by atoms with Gasteiger partial charge in [-0.3, -0.25) is 4.90 Å². The summed E-state index contributed by atoms with van der Waals surface area (Å²) in [5.74, 6) is 1.52. The van der Waals surface area contributed by atoms with Crippen molar-refractivity contribution >= 4 is 0 Å². The maximum atomic E-state index is 10.2. The summed E-state index contributed by atoms with van der Waals surface area (Å²) in [4.78, 5) is 2.26. The van der Waals surface area contributed by atoms with Gasteiger partial charge in [-0.25, -0.2) is 0 Å². The van der Waals surface area contributed by atoms with Gasteiger partial charge in [-0.1, -0.05) is 38.1 Å². The molecule has 1 unspecified atom stereocenters. The zero-order valence-corrected chi connectivity index (χ0v) is 14.7. The normalized spacial score (nSPS) is 12.6. The molecule has 1 aromatic rings. The van der Waals surface area contributed by atoms with Gasteiger partial charge in [0.25, 0.3) is 0 Å². The minimum absolute atomic E-state index is 0.329. The van der Waals surface area contributed by atoms with Crippen molar-refractivity contribution in [1.82, 2.24) is 4.90 Å². The second-order valence-corrected chi connectivity index (χ2v) is 6.21. The average Bonchev–Trinajstić information content (AvgIpc) is 2.53. The predicted octanol–water partition coefficient (Wildman–Crippen LogP) is 3.11. The van der Waals surface area contributed by atoms with E-state index in [2.05, 4.69) is 31.4 Å². The lowest BCUT2D eigenvalue weighted by Crippen LogP contribution is -2.35. The number of para-hydroxylation sites is 1. The number of rotatable bonds is 12. The first-order valence-corrected chi connectivity index (χ1v) is 8.27. The molecule has 23 heavy (non-hydrogen) atoms. The van der Waals surface area contributed by atoms with Crippen molar-refractivity contribution < 1.29 is 14.6 Å². The summed E-state index contributed by atoms with van der Waals surface area (Å²) < 4.78 is 10.8. The molecular weight excluding hydrogens is 290 g/mol. The van der Waals surface area contributed by atoms with Gasteiger partial charge < -0.3 is 14.6 Å². The molecule has 0 saturated heterocycles. The van der Waals surface area contributed by atoms with Crippen LogP contribution in [0.2, 0.25) is 0 Å². The predicted molar refractivity (Wildman–Crippen MR) is 94.7 cm³/mol. The van der Waals surface area contributed by atoms with Crippen LogP contribution < -0.4 is 4.74 Å². The molecule has 1 N–H and O–H groups in total. The highest BCUT2D eigenvalue weighted by Crippen LogP contribution is 2.20. The smallest absolute Gasteiger partial charge is 0.123 e. The third-order valence-electron chi connectivity index (χ3n) is 3.62. The molecule has 0 aromatic heterocycles. The van der Waals surface area contributed by atoms with E-state index in [1.807, 2.05) is 18.2 Å². The Kier molecular flexibility index (Phi) is 9.60. The molecule has 4 nitrogen and oxygen atoms in total. The van der Waals surface area contributed by atoms with Gasteiger partial charge in [0.15, 0.2) is 0 Å². The van der Waals surface area contributed by atoms with E-state index in [9.17, 15) is 5.11 Å². The largest absolute Gasteiger partial charge is 0.496 e. The van der Waals surface area contributed by atoms with E-state index in [4.69, 9.17) is 9.47 Å². The second kappa shape index (κ2) is 11.2. The molecule has 0 spiro atoms. The molecule has 0 aliphatic carbocycles. The van der Waals surface area contributed by atoms with Crippen LogP contribution >= 0.6 is 0 Å². The van der Waals surface area contributed by atoms with Crippen molar-refractivity contribution in [3.8, 4) is 5.75 Å². The monoisotopic (exact) mass is 321 g/mol. The highest BCUT2D eigenvalue weighted by molar-refractivity contribution is 5.33. The fourth-order valence-corrected chi connectivity index (χ4v) is 2.39. The lowest BCUT2D eigenvalue weighted by molar-refractivity contribution is 0.0236. The number of ether oxygens (including phenoxy) is 2. The number of nitrogens with zero attached hydrogens (tertiary/aromatic N) is 1. The van der Waals surface area contributed by atoms with Gasteiger partial charge in [-0.2, -0.15) is 0 Å². The summed E-state index contributed by atoms with van der Waals surface area (Å²) >= 11 is 0. The van der Waals surface area contributed by atoms with Crippen LogP contribution in [0.3, 0.4) is 0 Å². The van der Waals surface area contributed by atoms with E-state index < -0.39 is 6.10 Å². The van der Waals surface area contributed by atoms with Gasteiger partial charge in [0, 0.05) is 18.7 Å². The van der Waals surface area contributed by atoms with Crippen LogP contribution in [-0.4, -0.2) is 49.5 Å². The molecule has 130 valence electrons. The fraction of sp³-hybridized carbons (Fsp3) is 0.579. The Labute approximate surface area is 140 Å². The third-order valence-corrected chi connectivity index (χ3v) is 3.62. The van der Waals surface area contributed by atoms with Crippen molar-refractivity contribution in [2.24, 2.45) is 5.92 Å². The van der Waals surface area contributed by atoms with Gasteiger partial charge in [0.1, 0.15) is 5.75 Å². The summed E-state index contributed by atoms with van der Waals surface area (Å²) in [6, 6.07) is 8.03. The van der Waals surface area contributed by atoms with Crippen LogP contribution in [0.5, 0.6) is 5.75 Å². The van der Waals surface area contributed by atoms with E-state index in [0.717, 1.165) is 30.8 Å². The zero-order valence-electron chi connectivity index (χ0n) is 14.7. The molecule has 0 amide bonds. The zero-order chi connectivity index (χ0) is 17.1. The van der Waals surface area contributed by atoms with Crippen LogP contribution in [-0.2, 0) is 11.3 Å². The van der Waals surface area contributed by atoms with E-state index in [1.165, 1.54) is 0 Å². The van der Waals surface area contributed by atoms with Crippen LogP contribution in [0.1, 0.15) is 25.8 Å². The van der Waals surface area contributed by atoms with Gasteiger partial charge >= 0.3 is 0 Å². The van der Waals surface area contributed by atoms with E-state index >= 15 is 0 Å². The SMILES string of the molecule is C=CCOCC(O)CN(CCC(C)C)Cc1ccccc1OC. The van der Waals surface area contributed by atoms with E-state index in [1.54, 1.807) is 13.2 Å². The summed E-state index contributed by atoms with van der Waals surface area (Å²) in [6.07, 6.45) is 2.28. The number of methoxy groups -OCH3 is 1. The number of aliphatic hydroxyl groups excluding tert-OH is 1. The Hall–Kier alpha value is -1.36. The molecule has 1 aromatic carbocycles. The summed E-state index contributed by atoms with van der Waals surface area (Å²) in [5, 5.41) is 10.2. The van der Waals surface area contributed by atoms with Crippen molar-refractivity contribution in [3.63, 3.8) is 0 Å². The van der Waals surface area contributed by atoms with E-state index in [-0.39, 0.29) is 0 Å². The van der Waals surface area contributed by atoms with Crippen LogP contribution in [0.15, 0.2) is 36.9 Å². The lowest BCUT2D eigenvalue weighted by Gasteiger charge is -2.26. The third kappa shape index (κ3) is 8.16. The van der Waals surface area contributed by atoms with E-state index in [0.29, 0.717) is 25.7 Å². The van der Waals surface area contributed by atoms with Crippen molar-refractivity contribution in [1.29, 1.82) is 0 Å². The first kappa shape index (κ1) is 19.7. The first-order chi connectivity index (χ1) is 11.1. The van der Waals surface area contributed by atoms with Crippen molar-refractivity contribution in [2.45, 2.75) is 32.9 Å². The molecule has 1 atom stereocenters. The topological polar surface area (TPSA) is 41.9 Å².